The summed E-state index contributed by atoms with van der Waals surface area (Å²) in [4.78, 5) is 21.1. The molecule has 174 valence electrons. The zero-order chi connectivity index (χ0) is 23.6. The summed E-state index contributed by atoms with van der Waals surface area (Å²) in [6.45, 7) is 4.37. The van der Waals surface area contributed by atoms with E-state index in [2.05, 4.69) is 15.0 Å². The normalized spacial score (nSPS) is 14.8. The van der Waals surface area contributed by atoms with E-state index in [0.29, 0.717) is 30.9 Å². The molecule has 7 nitrogen and oxygen atoms in total. The minimum atomic E-state index is -4.46. The third-order valence-electron chi connectivity index (χ3n) is 5.75. The number of ether oxygens (including phenoxy) is 1. The molecule has 2 aromatic heterocycles. The number of rotatable bonds is 4. The van der Waals surface area contributed by atoms with Gasteiger partial charge < -0.3 is 14.5 Å². The molecule has 0 aliphatic carbocycles. The van der Waals surface area contributed by atoms with Gasteiger partial charge in [0.05, 0.1) is 30.1 Å². The molecular weight excluding hydrogens is 435 g/mol. The summed E-state index contributed by atoms with van der Waals surface area (Å²) in [6, 6.07) is 10.0. The molecule has 1 amide bonds. The first kappa shape index (κ1) is 22.6. The van der Waals surface area contributed by atoms with Crippen LogP contribution in [0.4, 0.5) is 18.9 Å². The second kappa shape index (κ2) is 9.13. The Morgan fingerprint density at radius 1 is 1.00 bits per heavy atom. The second-order valence-corrected chi connectivity index (χ2v) is 7.79. The van der Waals surface area contributed by atoms with Crippen LogP contribution in [0.25, 0.3) is 5.82 Å². The zero-order valence-corrected chi connectivity index (χ0v) is 18.3. The van der Waals surface area contributed by atoms with E-state index in [-0.39, 0.29) is 11.7 Å². The van der Waals surface area contributed by atoms with Gasteiger partial charge in [0, 0.05) is 38.1 Å². The Morgan fingerprint density at radius 2 is 1.76 bits per heavy atom. The van der Waals surface area contributed by atoms with Crippen molar-refractivity contribution in [2.45, 2.75) is 19.5 Å². The predicted octanol–water partition coefficient (Wildman–Crippen LogP) is 3.96. The highest BCUT2D eigenvalue weighted by molar-refractivity contribution is 5.95. The number of carbonyl (C=O) groups excluding carboxylic acids is 1. The fraction of sp³-hybridized carbons (Fsp3) is 0.348. The molecule has 3 aromatic rings. The molecule has 1 fully saturated rings. The van der Waals surface area contributed by atoms with Crippen molar-refractivity contribution < 1.29 is 22.7 Å². The standard InChI is InChI=1S/C23H24F3N5O2/c1-16-20(15-28-31(16)21-9-4-17(14-27-21)23(24,25)26)22(32)30-11-3-10-29(12-13-30)18-5-7-19(33-2)8-6-18/h4-9,14-15H,3,10-13H2,1-2H3. The Kier molecular flexibility index (Phi) is 6.26. The van der Waals surface area contributed by atoms with Gasteiger partial charge in [-0.25, -0.2) is 9.67 Å². The lowest BCUT2D eigenvalue weighted by Crippen LogP contribution is -2.35. The largest absolute Gasteiger partial charge is 0.497 e. The Bertz CT molecular complexity index is 1110. The fourth-order valence-electron chi connectivity index (χ4n) is 3.87. The molecule has 0 atom stereocenters. The topological polar surface area (TPSA) is 63.5 Å². The SMILES string of the molecule is COc1ccc(N2CCCN(C(=O)c3cnn(-c4ccc(C(F)(F)F)cn4)c3C)CC2)cc1. The van der Waals surface area contributed by atoms with Crippen LogP contribution in [-0.2, 0) is 6.18 Å². The average Bonchev–Trinajstić information content (AvgIpc) is 3.03. The molecule has 1 aromatic carbocycles. The summed E-state index contributed by atoms with van der Waals surface area (Å²) in [5, 5.41) is 4.20. The van der Waals surface area contributed by atoms with Crippen LogP contribution in [0.1, 0.15) is 28.0 Å². The predicted molar refractivity (Wildman–Crippen MR) is 117 cm³/mol. The Morgan fingerprint density at radius 3 is 2.39 bits per heavy atom. The van der Waals surface area contributed by atoms with Crippen molar-refractivity contribution in [3.63, 3.8) is 0 Å². The van der Waals surface area contributed by atoms with Crippen LogP contribution in [0.2, 0.25) is 0 Å². The van der Waals surface area contributed by atoms with Crippen LogP contribution in [-0.4, -0.2) is 58.9 Å². The molecule has 0 radical (unpaired) electrons. The van der Waals surface area contributed by atoms with E-state index in [1.54, 1.807) is 18.9 Å². The summed E-state index contributed by atoms with van der Waals surface area (Å²) >= 11 is 0. The number of halogens is 3. The number of hydrogen-bond donors (Lipinski definition) is 0. The maximum absolute atomic E-state index is 13.2. The summed E-state index contributed by atoms with van der Waals surface area (Å²) in [7, 11) is 1.63. The average molecular weight is 459 g/mol. The molecule has 4 rings (SSSR count). The summed E-state index contributed by atoms with van der Waals surface area (Å²) < 4.78 is 45.0. The Hall–Kier alpha value is -3.56. The number of anilines is 1. The monoisotopic (exact) mass is 459 g/mol. The summed E-state index contributed by atoms with van der Waals surface area (Å²) in [5.41, 5.74) is 1.18. The van der Waals surface area contributed by atoms with Crippen molar-refractivity contribution in [1.82, 2.24) is 19.7 Å². The lowest BCUT2D eigenvalue weighted by Gasteiger charge is -2.24. The molecule has 0 spiro atoms. The van der Waals surface area contributed by atoms with Crippen LogP contribution < -0.4 is 9.64 Å². The van der Waals surface area contributed by atoms with Gasteiger partial charge in [-0.2, -0.15) is 18.3 Å². The third kappa shape index (κ3) is 4.79. The molecule has 0 N–H and O–H groups in total. The third-order valence-corrected chi connectivity index (χ3v) is 5.75. The van der Waals surface area contributed by atoms with Gasteiger partial charge in [0.25, 0.3) is 5.91 Å². The van der Waals surface area contributed by atoms with Gasteiger partial charge in [-0.3, -0.25) is 4.79 Å². The van der Waals surface area contributed by atoms with Crippen LogP contribution in [0.15, 0.2) is 48.8 Å². The van der Waals surface area contributed by atoms with E-state index in [1.807, 2.05) is 24.3 Å². The van der Waals surface area contributed by atoms with Gasteiger partial charge in [0.1, 0.15) is 5.75 Å². The van der Waals surface area contributed by atoms with Gasteiger partial charge in [0.15, 0.2) is 5.82 Å². The molecular formula is C23H24F3N5O2. The Balaban J connectivity index is 1.46. The number of nitrogens with zero attached hydrogens (tertiary/aromatic N) is 5. The second-order valence-electron chi connectivity index (χ2n) is 7.79. The van der Waals surface area contributed by atoms with E-state index in [1.165, 1.54) is 16.9 Å². The number of amides is 1. The summed E-state index contributed by atoms with van der Waals surface area (Å²) in [6.07, 6.45) is -1.44. The van der Waals surface area contributed by atoms with Crippen LogP contribution in [0.5, 0.6) is 5.75 Å². The minimum absolute atomic E-state index is 0.151. The molecule has 1 aliphatic heterocycles. The van der Waals surface area contributed by atoms with Crippen molar-refractivity contribution in [2.75, 3.05) is 38.2 Å². The molecule has 1 aliphatic rings. The van der Waals surface area contributed by atoms with Gasteiger partial charge in [0.2, 0.25) is 0 Å². The van der Waals surface area contributed by atoms with Crippen LogP contribution in [0, 0.1) is 6.92 Å². The number of methoxy groups -OCH3 is 1. The minimum Gasteiger partial charge on any atom is -0.497 e. The number of hydrogen-bond acceptors (Lipinski definition) is 5. The number of aromatic nitrogens is 3. The van der Waals surface area contributed by atoms with E-state index >= 15 is 0 Å². The summed E-state index contributed by atoms with van der Waals surface area (Å²) in [5.74, 6) is 0.865. The van der Waals surface area contributed by atoms with Crippen molar-refractivity contribution in [2.24, 2.45) is 0 Å². The van der Waals surface area contributed by atoms with Gasteiger partial charge in [-0.05, 0) is 49.7 Å². The smallest absolute Gasteiger partial charge is 0.417 e. The molecule has 33 heavy (non-hydrogen) atoms. The molecule has 10 heteroatoms. The van der Waals surface area contributed by atoms with Crippen LogP contribution >= 0.6 is 0 Å². The maximum atomic E-state index is 13.2. The highest BCUT2D eigenvalue weighted by Crippen LogP contribution is 2.29. The zero-order valence-electron chi connectivity index (χ0n) is 18.3. The first-order valence-electron chi connectivity index (χ1n) is 10.5. The van der Waals surface area contributed by atoms with Crippen molar-refractivity contribution in [1.29, 1.82) is 0 Å². The number of benzene rings is 1. The lowest BCUT2D eigenvalue weighted by molar-refractivity contribution is -0.137. The lowest BCUT2D eigenvalue weighted by atomic mass is 10.2. The van der Waals surface area contributed by atoms with E-state index in [4.69, 9.17) is 4.74 Å². The van der Waals surface area contributed by atoms with Gasteiger partial charge in [-0.1, -0.05) is 0 Å². The number of carbonyl (C=O) groups is 1. The number of alkyl halides is 3. The Labute approximate surface area is 189 Å². The van der Waals surface area contributed by atoms with E-state index in [9.17, 15) is 18.0 Å². The highest BCUT2D eigenvalue weighted by atomic mass is 19.4. The maximum Gasteiger partial charge on any atom is 0.417 e. The van der Waals surface area contributed by atoms with Gasteiger partial charge >= 0.3 is 6.18 Å². The molecule has 0 saturated carbocycles. The number of pyridine rings is 1. The molecule has 0 bridgehead atoms. The quantitative estimate of drug-likeness (QED) is 0.591. The fourth-order valence-corrected chi connectivity index (χ4v) is 3.87. The first-order valence-corrected chi connectivity index (χ1v) is 10.5. The highest BCUT2D eigenvalue weighted by Gasteiger charge is 2.31. The van der Waals surface area contributed by atoms with Crippen molar-refractivity contribution in [3.05, 3.63) is 65.6 Å². The van der Waals surface area contributed by atoms with Crippen LogP contribution in [0.3, 0.4) is 0 Å². The van der Waals surface area contributed by atoms with E-state index < -0.39 is 11.7 Å². The van der Waals surface area contributed by atoms with Gasteiger partial charge in [-0.15, -0.1) is 0 Å². The van der Waals surface area contributed by atoms with Crippen molar-refractivity contribution >= 4 is 11.6 Å². The first-order chi connectivity index (χ1) is 15.8. The molecule has 1 saturated heterocycles. The van der Waals surface area contributed by atoms with E-state index in [0.717, 1.165) is 36.7 Å². The molecule has 3 heterocycles. The molecule has 0 unspecified atom stereocenters. The van der Waals surface area contributed by atoms with Crippen molar-refractivity contribution in [3.8, 4) is 11.6 Å².